The average Bonchev–Trinajstić information content (AvgIpc) is 2.14. The molecule has 0 aromatic heterocycles. The summed E-state index contributed by atoms with van der Waals surface area (Å²) in [6.07, 6.45) is 72.7. The minimum absolute atomic E-state index is 0.0932. The average molecular weight is 1390 g/mol. The molecule has 17 nitrogen and oxygen atoms in total. The van der Waals surface area contributed by atoms with E-state index < -0.39 is 97.5 Å². The highest BCUT2D eigenvalue weighted by molar-refractivity contribution is 7.47. The molecule has 5 unspecified atom stereocenters. The quantitative estimate of drug-likeness (QED) is 0.0169. The molecule has 0 saturated carbocycles. The van der Waals surface area contributed by atoms with Crippen molar-refractivity contribution in [1.29, 1.82) is 0 Å². The number of ether oxygens (including phenoxy) is 4. The Morgan fingerprint density at radius 1 is 0.312 bits per heavy atom. The Labute approximate surface area is 581 Å². The molecule has 0 fully saturated rings. The monoisotopic (exact) mass is 1390 g/mol. The predicted molar refractivity (Wildman–Crippen MR) is 390 cm³/mol. The summed E-state index contributed by atoms with van der Waals surface area (Å²) in [6.45, 7) is 4.49. The van der Waals surface area contributed by atoms with Gasteiger partial charge in [-0.25, -0.2) is 9.13 Å². The minimum atomic E-state index is -5.00. The first-order valence-corrected chi connectivity index (χ1v) is 40.1. The fourth-order valence-electron chi connectivity index (χ4n) is 9.66. The molecule has 552 valence electrons. The first-order valence-electron chi connectivity index (χ1n) is 37.1. The Morgan fingerprint density at radius 2 is 0.583 bits per heavy atom. The largest absolute Gasteiger partial charge is 0.472 e. The van der Waals surface area contributed by atoms with Crippen LogP contribution in [-0.4, -0.2) is 96.7 Å². The third-order valence-corrected chi connectivity index (χ3v) is 17.2. The summed E-state index contributed by atoms with van der Waals surface area (Å²) in [6, 6.07) is 0. The minimum Gasteiger partial charge on any atom is -0.462 e. The molecule has 19 heteroatoms. The van der Waals surface area contributed by atoms with Crippen LogP contribution in [0.2, 0.25) is 0 Å². The van der Waals surface area contributed by atoms with Gasteiger partial charge in [0.1, 0.15) is 19.3 Å². The maximum absolute atomic E-state index is 13.0. The normalized spacial score (nSPS) is 14.6. The molecule has 0 aromatic rings. The standard InChI is InChI=1S/C77H132O17P2/c1-5-9-13-17-21-25-29-32-34-35-37-39-43-46-50-54-58-62-75(80)88-68-73(94-77(82)64-60-56-52-48-44-40-36-33-30-26-22-18-14-10-6-2)70-92-96(85,86)90-66-71(78)65-89-95(83,84)91-69-72(93-76(81)63-59-55-51-47-41-28-24-20-16-12-8-4)67-87-74(79)61-57-53-49-45-42-38-31-27-23-19-15-11-7-3/h9-10,13-14,21-22,25-27,31-34,36,44,48,56,60,71-73,78H,5-8,11-12,15-20,23-24,28-30,35,37-43,45-47,49-55,57-59,61-70H2,1-4H3,(H,83,84)(H,85,86)/b13-9-,14-10-,25-21-,26-22-,31-27-,34-32-,36-33-,48-44-,60-56-. The topological polar surface area (TPSA) is 237 Å². The third-order valence-electron chi connectivity index (χ3n) is 15.3. The second-order valence-corrected chi connectivity index (χ2v) is 27.4. The Kier molecular flexibility index (Phi) is 66.1. The van der Waals surface area contributed by atoms with Crippen molar-refractivity contribution in [1.82, 2.24) is 0 Å². The molecule has 0 amide bonds. The Morgan fingerprint density at radius 3 is 0.948 bits per heavy atom. The molecule has 5 atom stereocenters. The van der Waals surface area contributed by atoms with Gasteiger partial charge in [-0.3, -0.25) is 37.3 Å². The van der Waals surface area contributed by atoms with E-state index >= 15 is 0 Å². The first kappa shape index (κ1) is 91.7. The van der Waals surface area contributed by atoms with Crippen molar-refractivity contribution in [3.8, 4) is 0 Å². The van der Waals surface area contributed by atoms with Gasteiger partial charge in [-0.2, -0.15) is 0 Å². The van der Waals surface area contributed by atoms with E-state index in [1.165, 1.54) is 64.2 Å². The number of phosphoric acid groups is 2. The molecule has 3 N–H and O–H groups in total. The maximum Gasteiger partial charge on any atom is 0.472 e. The molecule has 0 aromatic carbocycles. The number of aliphatic hydroxyl groups excluding tert-OH is 1. The lowest BCUT2D eigenvalue weighted by atomic mass is 10.1. The van der Waals surface area contributed by atoms with Crippen molar-refractivity contribution in [2.75, 3.05) is 39.6 Å². The zero-order valence-corrected chi connectivity index (χ0v) is 61.8. The second-order valence-electron chi connectivity index (χ2n) is 24.5. The van der Waals surface area contributed by atoms with Crippen molar-refractivity contribution in [2.45, 2.75) is 316 Å². The van der Waals surface area contributed by atoms with Crippen LogP contribution in [0.1, 0.15) is 297 Å². The number of carbonyl (C=O) groups is 4. The summed E-state index contributed by atoms with van der Waals surface area (Å²) in [5.41, 5.74) is 0. The van der Waals surface area contributed by atoms with Gasteiger partial charge in [0.25, 0.3) is 0 Å². The van der Waals surface area contributed by atoms with E-state index in [9.17, 15) is 43.2 Å². The van der Waals surface area contributed by atoms with Crippen molar-refractivity contribution in [3.63, 3.8) is 0 Å². The van der Waals surface area contributed by atoms with Gasteiger partial charge < -0.3 is 33.8 Å². The van der Waals surface area contributed by atoms with E-state index in [0.717, 1.165) is 154 Å². The van der Waals surface area contributed by atoms with Crippen LogP contribution in [0, 0.1) is 0 Å². The third kappa shape index (κ3) is 68.3. The highest BCUT2D eigenvalue weighted by Gasteiger charge is 2.30. The SMILES string of the molecule is CC/C=C\C/C=C\C/C=C\C/C=C\C/C=C\CC(=O)OC(COC(=O)CCCCCCCCC/C=C\C/C=C\C/C=C\CC)COP(=O)(O)OCC(O)COP(=O)(O)OCC(COC(=O)CCCCCCC/C=C\CCCCCC)OC(=O)CCCCCCCCCCCCC. The smallest absolute Gasteiger partial charge is 0.462 e. The van der Waals surface area contributed by atoms with Gasteiger partial charge in [0.05, 0.1) is 32.8 Å². The fraction of sp³-hybridized carbons (Fsp3) is 0.714. The lowest BCUT2D eigenvalue weighted by Gasteiger charge is -2.21. The van der Waals surface area contributed by atoms with Crippen LogP contribution in [-0.2, 0) is 65.4 Å². The van der Waals surface area contributed by atoms with Crippen molar-refractivity contribution >= 4 is 39.5 Å². The number of esters is 4. The molecule has 0 heterocycles. The summed E-state index contributed by atoms with van der Waals surface area (Å²) < 4.78 is 68.2. The number of hydrogen-bond donors (Lipinski definition) is 3. The predicted octanol–water partition coefficient (Wildman–Crippen LogP) is 21.0. The number of allylic oxidation sites excluding steroid dienone is 17. The number of hydrogen-bond acceptors (Lipinski definition) is 15. The van der Waals surface area contributed by atoms with Gasteiger partial charge in [0.15, 0.2) is 12.2 Å². The lowest BCUT2D eigenvalue weighted by Crippen LogP contribution is -2.30. The zero-order chi connectivity index (χ0) is 70.4. The Bertz CT molecular complexity index is 2250. The van der Waals surface area contributed by atoms with Gasteiger partial charge in [0, 0.05) is 19.3 Å². The molecule has 0 aliphatic heterocycles. The van der Waals surface area contributed by atoms with E-state index in [0.29, 0.717) is 25.7 Å². The molecule has 0 saturated heterocycles. The van der Waals surface area contributed by atoms with Gasteiger partial charge in [0.2, 0.25) is 0 Å². The Balaban J connectivity index is 5.40. The summed E-state index contributed by atoms with van der Waals surface area (Å²) >= 11 is 0. The summed E-state index contributed by atoms with van der Waals surface area (Å²) in [5.74, 6) is -2.34. The maximum atomic E-state index is 13.0. The molecule has 0 radical (unpaired) electrons. The second kappa shape index (κ2) is 69.2. The van der Waals surface area contributed by atoms with Crippen molar-refractivity contribution in [2.24, 2.45) is 0 Å². The number of phosphoric ester groups is 2. The van der Waals surface area contributed by atoms with Crippen molar-refractivity contribution in [3.05, 3.63) is 109 Å². The zero-order valence-electron chi connectivity index (χ0n) is 60.0. The molecular weight excluding hydrogens is 1260 g/mol. The highest BCUT2D eigenvalue weighted by Crippen LogP contribution is 2.45. The summed E-state index contributed by atoms with van der Waals surface area (Å²) in [4.78, 5) is 72.6. The summed E-state index contributed by atoms with van der Waals surface area (Å²) in [5, 5.41) is 10.6. The molecule has 0 aliphatic rings. The van der Waals surface area contributed by atoms with Crippen LogP contribution in [0.15, 0.2) is 109 Å². The summed E-state index contributed by atoms with van der Waals surface area (Å²) in [7, 11) is -9.97. The number of carbonyl (C=O) groups excluding carboxylic acids is 4. The molecular formula is C77H132O17P2. The van der Waals surface area contributed by atoms with Crippen LogP contribution in [0.25, 0.3) is 0 Å². The molecule has 0 rings (SSSR count). The van der Waals surface area contributed by atoms with Gasteiger partial charge in [-0.05, 0) is 109 Å². The van der Waals surface area contributed by atoms with Gasteiger partial charge >= 0.3 is 39.5 Å². The van der Waals surface area contributed by atoms with E-state index in [2.05, 4.69) is 113 Å². The number of aliphatic hydroxyl groups is 1. The van der Waals surface area contributed by atoms with Gasteiger partial charge in [-0.15, -0.1) is 0 Å². The van der Waals surface area contributed by atoms with Crippen molar-refractivity contribution < 1.29 is 80.2 Å². The molecule has 0 bridgehead atoms. The Hall–Kier alpha value is -4.28. The molecule has 0 spiro atoms. The van der Waals surface area contributed by atoms with Crippen LogP contribution < -0.4 is 0 Å². The number of rotatable bonds is 69. The van der Waals surface area contributed by atoms with E-state index in [4.69, 9.17) is 37.0 Å². The van der Waals surface area contributed by atoms with Crippen LogP contribution in [0.5, 0.6) is 0 Å². The van der Waals surface area contributed by atoms with E-state index in [1.54, 1.807) is 12.2 Å². The highest BCUT2D eigenvalue weighted by atomic mass is 31.2. The fourth-order valence-corrected chi connectivity index (χ4v) is 11.2. The molecule has 0 aliphatic carbocycles. The number of unbranched alkanes of at least 4 members (excludes halogenated alkanes) is 26. The lowest BCUT2D eigenvalue weighted by molar-refractivity contribution is -0.161. The van der Waals surface area contributed by atoms with E-state index in [1.807, 2.05) is 12.2 Å². The van der Waals surface area contributed by atoms with Crippen LogP contribution in [0.4, 0.5) is 0 Å². The first-order chi connectivity index (χ1) is 46.7. The van der Waals surface area contributed by atoms with Crippen LogP contribution >= 0.6 is 15.6 Å². The van der Waals surface area contributed by atoms with E-state index in [-0.39, 0.29) is 25.7 Å². The van der Waals surface area contributed by atoms with Crippen LogP contribution in [0.3, 0.4) is 0 Å². The molecule has 96 heavy (non-hydrogen) atoms. The van der Waals surface area contributed by atoms with Gasteiger partial charge in [-0.1, -0.05) is 272 Å².